The standard InChI is InChI=1S/C11H10BrNO3/c1-15-6-16-5-9-8-3-2-7(12)4-10(8)13-11(9)14/h2-5H,6H2,1H3,(H,13,14)/b9-5-. The van der Waals surface area contributed by atoms with Crippen molar-refractivity contribution >= 4 is 33.1 Å². The molecule has 2 rings (SSSR count). The molecular formula is C11H10BrNO3. The maximum absolute atomic E-state index is 11.6. The number of halogens is 1. The van der Waals surface area contributed by atoms with Gasteiger partial charge in [0.1, 0.15) is 0 Å². The van der Waals surface area contributed by atoms with Gasteiger partial charge in [-0.15, -0.1) is 0 Å². The van der Waals surface area contributed by atoms with E-state index in [1.165, 1.54) is 13.4 Å². The Labute approximate surface area is 101 Å². The number of amides is 1. The number of ether oxygens (including phenoxy) is 2. The number of fused-ring (bicyclic) bond motifs is 1. The van der Waals surface area contributed by atoms with Gasteiger partial charge in [-0.3, -0.25) is 4.79 Å². The maximum Gasteiger partial charge on any atom is 0.259 e. The van der Waals surface area contributed by atoms with Crippen molar-refractivity contribution < 1.29 is 14.3 Å². The van der Waals surface area contributed by atoms with Crippen molar-refractivity contribution in [1.82, 2.24) is 0 Å². The van der Waals surface area contributed by atoms with Crippen molar-refractivity contribution in [3.63, 3.8) is 0 Å². The van der Waals surface area contributed by atoms with Gasteiger partial charge in [0.25, 0.3) is 5.91 Å². The summed E-state index contributed by atoms with van der Waals surface area (Å²) in [6, 6.07) is 5.59. The average molecular weight is 284 g/mol. The lowest BCUT2D eigenvalue weighted by atomic mass is 10.1. The number of hydrogen-bond donors (Lipinski definition) is 1. The van der Waals surface area contributed by atoms with Crippen molar-refractivity contribution in [2.45, 2.75) is 0 Å². The van der Waals surface area contributed by atoms with Gasteiger partial charge in [-0.1, -0.05) is 22.0 Å². The molecule has 1 aliphatic heterocycles. The summed E-state index contributed by atoms with van der Waals surface area (Å²) in [7, 11) is 1.53. The van der Waals surface area contributed by atoms with Gasteiger partial charge in [0, 0.05) is 17.1 Å². The highest BCUT2D eigenvalue weighted by atomic mass is 79.9. The normalized spacial score (nSPS) is 16.1. The quantitative estimate of drug-likeness (QED) is 0.401. The fraction of sp³-hybridized carbons (Fsp3) is 0.182. The Hall–Kier alpha value is -1.33. The van der Waals surface area contributed by atoms with Crippen LogP contribution in [0.5, 0.6) is 0 Å². The summed E-state index contributed by atoms with van der Waals surface area (Å²) < 4.78 is 10.7. The Morgan fingerprint density at radius 1 is 1.50 bits per heavy atom. The van der Waals surface area contributed by atoms with Crippen molar-refractivity contribution in [2.75, 3.05) is 19.2 Å². The molecule has 1 heterocycles. The van der Waals surface area contributed by atoms with E-state index in [2.05, 4.69) is 21.2 Å². The summed E-state index contributed by atoms with van der Waals surface area (Å²) in [6.45, 7) is 0.128. The van der Waals surface area contributed by atoms with Gasteiger partial charge >= 0.3 is 0 Å². The van der Waals surface area contributed by atoms with Gasteiger partial charge in [-0.05, 0) is 12.1 Å². The summed E-state index contributed by atoms with van der Waals surface area (Å²) in [5, 5.41) is 2.76. The van der Waals surface area contributed by atoms with Crippen molar-refractivity contribution in [2.24, 2.45) is 0 Å². The van der Waals surface area contributed by atoms with Crippen LogP contribution in [0.4, 0.5) is 5.69 Å². The molecule has 0 aromatic heterocycles. The number of carbonyl (C=O) groups is 1. The zero-order chi connectivity index (χ0) is 11.5. The molecular weight excluding hydrogens is 274 g/mol. The molecule has 5 heteroatoms. The molecule has 1 aromatic rings. The third-order valence-corrected chi connectivity index (χ3v) is 2.64. The molecule has 0 spiro atoms. The van der Waals surface area contributed by atoms with E-state index in [1.807, 2.05) is 18.2 Å². The van der Waals surface area contributed by atoms with Crippen LogP contribution in [0.3, 0.4) is 0 Å². The first-order valence-corrected chi connectivity index (χ1v) is 5.43. The molecule has 1 N–H and O–H groups in total. The highest BCUT2D eigenvalue weighted by Crippen LogP contribution is 2.33. The van der Waals surface area contributed by atoms with Gasteiger partial charge in [0.15, 0.2) is 6.79 Å². The summed E-state index contributed by atoms with van der Waals surface area (Å²) >= 11 is 3.35. The SMILES string of the molecule is COCO/C=C1\C(=O)Nc2cc(Br)ccc21. The maximum atomic E-state index is 11.6. The molecule has 1 aliphatic rings. The smallest absolute Gasteiger partial charge is 0.259 e. The molecule has 0 atom stereocenters. The largest absolute Gasteiger partial charge is 0.474 e. The number of hydrogen-bond acceptors (Lipinski definition) is 3. The summed E-state index contributed by atoms with van der Waals surface area (Å²) in [4.78, 5) is 11.6. The topological polar surface area (TPSA) is 47.6 Å². The zero-order valence-corrected chi connectivity index (χ0v) is 10.2. The Morgan fingerprint density at radius 2 is 2.31 bits per heavy atom. The van der Waals surface area contributed by atoms with E-state index < -0.39 is 0 Å². The van der Waals surface area contributed by atoms with Gasteiger partial charge in [0.2, 0.25) is 0 Å². The Balaban J connectivity index is 2.29. The van der Waals surface area contributed by atoms with Crippen LogP contribution < -0.4 is 5.32 Å². The predicted molar refractivity (Wildman–Crippen MR) is 63.7 cm³/mol. The second-order valence-corrected chi connectivity index (χ2v) is 4.16. The number of anilines is 1. The van der Waals surface area contributed by atoms with Crippen LogP contribution in [-0.2, 0) is 14.3 Å². The van der Waals surface area contributed by atoms with Crippen LogP contribution >= 0.6 is 15.9 Å². The lowest BCUT2D eigenvalue weighted by molar-refractivity contribution is -0.110. The molecule has 0 saturated carbocycles. The first-order chi connectivity index (χ1) is 7.72. The predicted octanol–water partition coefficient (Wildman–Crippen LogP) is 2.36. The monoisotopic (exact) mass is 283 g/mol. The fourth-order valence-corrected chi connectivity index (χ4v) is 1.83. The zero-order valence-electron chi connectivity index (χ0n) is 8.62. The molecule has 0 aliphatic carbocycles. The molecule has 4 nitrogen and oxygen atoms in total. The minimum absolute atomic E-state index is 0.128. The van der Waals surface area contributed by atoms with Gasteiger partial charge in [-0.2, -0.15) is 0 Å². The highest BCUT2D eigenvalue weighted by molar-refractivity contribution is 9.10. The third-order valence-electron chi connectivity index (χ3n) is 2.15. The molecule has 1 amide bonds. The lowest BCUT2D eigenvalue weighted by Gasteiger charge is -2.00. The first kappa shape index (κ1) is 11.2. The second-order valence-electron chi connectivity index (χ2n) is 3.25. The molecule has 0 saturated heterocycles. The Morgan fingerprint density at radius 3 is 3.06 bits per heavy atom. The van der Waals surface area contributed by atoms with Crippen LogP contribution in [0.2, 0.25) is 0 Å². The molecule has 16 heavy (non-hydrogen) atoms. The second kappa shape index (κ2) is 4.67. The van der Waals surface area contributed by atoms with Crippen LogP contribution in [0.25, 0.3) is 5.57 Å². The summed E-state index contributed by atoms with van der Waals surface area (Å²) in [6.07, 6.45) is 1.42. The Bertz CT molecular complexity index is 457. The number of benzene rings is 1. The van der Waals surface area contributed by atoms with Crippen LogP contribution in [0, 0.1) is 0 Å². The van der Waals surface area contributed by atoms with Crippen molar-refractivity contribution in [3.8, 4) is 0 Å². The van der Waals surface area contributed by atoms with E-state index in [0.717, 1.165) is 15.7 Å². The lowest BCUT2D eigenvalue weighted by Crippen LogP contribution is -2.04. The van der Waals surface area contributed by atoms with Crippen LogP contribution in [-0.4, -0.2) is 19.8 Å². The van der Waals surface area contributed by atoms with E-state index in [0.29, 0.717) is 5.57 Å². The molecule has 0 unspecified atom stereocenters. The number of methoxy groups -OCH3 is 1. The van der Waals surface area contributed by atoms with Crippen LogP contribution in [0.1, 0.15) is 5.56 Å². The summed E-state index contributed by atoms with van der Waals surface area (Å²) in [5.41, 5.74) is 2.13. The molecule has 0 bridgehead atoms. The molecule has 1 aromatic carbocycles. The fourth-order valence-electron chi connectivity index (χ4n) is 1.47. The first-order valence-electron chi connectivity index (χ1n) is 4.64. The summed E-state index contributed by atoms with van der Waals surface area (Å²) in [5.74, 6) is -0.163. The number of rotatable bonds is 3. The molecule has 0 fully saturated rings. The van der Waals surface area contributed by atoms with Crippen LogP contribution in [0.15, 0.2) is 28.9 Å². The van der Waals surface area contributed by atoms with E-state index >= 15 is 0 Å². The highest BCUT2D eigenvalue weighted by Gasteiger charge is 2.24. The van der Waals surface area contributed by atoms with E-state index in [-0.39, 0.29) is 12.7 Å². The minimum Gasteiger partial charge on any atom is -0.474 e. The van der Waals surface area contributed by atoms with E-state index in [4.69, 9.17) is 9.47 Å². The number of carbonyl (C=O) groups excluding carboxylic acids is 1. The molecule has 0 radical (unpaired) electrons. The van der Waals surface area contributed by atoms with Gasteiger partial charge in [0.05, 0.1) is 17.5 Å². The average Bonchev–Trinajstić information content (AvgIpc) is 2.55. The van der Waals surface area contributed by atoms with Crippen molar-refractivity contribution in [3.05, 3.63) is 34.5 Å². The van der Waals surface area contributed by atoms with Gasteiger partial charge in [-0.25, -0.2) is 0 Å². The Kier molecular flexibility index (Phi) is 3.26. The molecule has 84 valence electrons. The third kappa shape index (κ3) is 2.10. The van der Waals surface area contributed by atoms with Gasteiger partial charge < -0.3 is 14.8 Å². The van der Waals surface area contributed by atoms with E-state index in [1.54, 1.807) is 0 Å². The van der Waals surface area contributed by atoms with Crippen molar-refractivity contribution in [1.29, 1.82) is 0 Å². The van der Waals surface area contributed by atoms with E-state index in [9.17, 15) is 4.79 Å². The minimum atomic E-state index is -0.163. The number of nitrogens with one attached hydrogen (secondary N) is 1.